The predicted octanol–water partition coefficient (Wildman–Crippen LogP) is 2.80. The Balaban J connectivity index is 2.05. The number of piperazine rings is 1. The van der Waals surface area contributed by atoms with Crippen LogP contribution in [0.15, 0.2) is 12.3 Å². The Morgan fingerprint density at radius 3 is 2.35 bits per heavy atom. The first-order valence-corrected chi connectivity index (χ1v) is 8.78. The van der Waals surface area contributed by atoms with E-state index in [1.165, 1.54) is 0 Å². The molecule has 0 aromatic carbocycles. The minimum absolute atomic E-state index is 0.166. The van der Waals surface area contributed by atoms with Crippen LogP contribution in [0.25, 0.3) is 0 Å². The molecule has 23 heavy (non-hydrogen) atoms. The van der Waals surface area contributed by atoms with E-state index in [0.29, 0.717) is 42.8 Å². The number of nitrogens with zero attached hydrogens (tertiary/aromatic N) is 3. The molecule has 1 amide bonds. The lowest BCUT2D eigenvalue weighted by atomic mass is 9.81. The first kappa shape index (κ1) is 18.3. The zero-order valence-electron chi connectivity index (χ0n) is 13.7. The molecule has 0 atom stereocenters. The highest BCUT2D eigenvalue weighted by atomic mass is 35.5. The van der Waals surface area contributed by atoms with Gasteiger partial charge in [0.05, 0.1) is 15.5 Å². The van der Waals surface area contributed by atoms with Gasteiger partial charge in [0.25, 0.3) is 0 Å². The SMILES string of the molecule is CCC(CC)(CN)C(=O)N1CCN(c2ncc(Cl)cc2Cl)CC1. The topological polar surface area (TPSA) is 62.5 Å². The maximum Gasteiger partial charge on any atom is 0.230 e. The second-order valence-corrected chi connectivity index (χ2v) is 6.77. The Bertz CT molecular complexity index is 547. The van der Waals surface area contributed by atoms with Crippen molar-refractivity contribution in [3.63, 3.8) is 0 Å². The largest absolute Gasteiger partial charge is 0.352 e. The zero-order valence-corrected chi connectivity index (χ0v) is 15.2. The van der Waals surface area contributed by atoms with E-state index in [4.69, 9.17) is 28.9 Å². The van der Waals surface area contributed by atoms with Gasteiger partial charge in [-0.1, -0.05) is 37.0 Å². The molecule has 128 valence electrons. The summed E-state index contributed by atoms with van der Waals surface area (Å²) < 4.78 is 0. The number of anilines is 1. The van der Waals surface area contributed by atoms with E-state index in [0.717, 1.165) is 18.7 Å². The number of amides is 1. The smallest absolute Gasteiger partial charge is 0.230 e. The van der Waals surface area contributed by atoms with Gasteiger partial charge in [0.2, 0.25) is 5.91 Å². The number of hydrogen-bond donors (Lipinski definition) is 1. The Labute approximate surface area is 147 Å². The van der Waals surface area contributed by atoms with E-state index in [1.54, 1.807) is 12.3 Å². The van der Waals surface area contributed by atoms with E-state index in [1.807, 2.05) is 18.7 Å². The second kappa shape index (κ2) is 7.69. The number of aromatic nitrogens is 1. The number of nitrogens with two attached hydrogens (primary N) is 1. The number of hydrogen-bond acceptors (Lipinski definition) is 4. The van der Waals surface area contributed by atoms with E-state index < -0.39 is 5.41 Å². The van der Waals surface area contributed by atoms with E-state index in [-0.39, 0.29) is 5.91 Å². The Morgan fingerprint density at radius 2 is 1.87 bits per heavy atom. The predicted molar refractivity (Wildman–Crippen MR) is 95.1 cm³/mol. The highest BCUT2D eigenvalue weighted by Gasteiger charge is 2.38. The van der Waals surface area contributed by atoms with Gasteiger partial charge in [-0.25, -0.2) is 4.98 Å². The molecule has 0 saturated carbocycles. The number of carbonyl (C=O) groups is 1. The molecule has 0 radical (unpaired) electrons. The first-order valence-electron chi connectivity index (χ1n) is 8.03. The van der Waals surface area contributed by atoms with Gasteiger partial charge in [0.15, 0.2) is 0 Å². The van der Waals surface area contributed by atoms with Crippen LogP contribution in [0.3, 0.4) is 0 Å². The minimum atomic E-state index is -0.432. The Hall–Kier alpha value is -1.04. The van der Waals surface area contributed by atoms with Crippen LogP contribution in [-0.2, 0) is 4.79 Å². The lowest BCUT2D eigenvalue weighted by Gasteiger charge is -2.40. The molecule has 1 saturated heterocycles. The molecule has 5 nitrogen and oxygen atoms in total. The maximum absolute atomic E-state index is 12.8. The van der Waals surface area contributed by atoms with Gasteiger partial charge in [0, 0.05) is 38.9 Å². The second-order valence-electron chi connectivity index (χ2n) is 5.93. The summed E-state index contributed by atoms with van der Waals surface area (Å²) in [7, 11) is 0. The molecule has 0 spiro atoms. The fraction of sp³-hybridized carbons (Fsp3) is 0.625. The van der Waals surface area contributed by atoms with Gasteiger partial charge in [-0.2, -0.15) is 0 Å². The van der Waals surface area contributed by atoms with Crippen LogP contribution in [0.5, 0.6) is 0 Å². The van der Waals surface area contributed by atoms with Crippen LogP contribution in [0, 0.1) is 5.41 Å². The summed E-state index contributed by atoms with van der Waals surface area (Å²) in [5.74, 6) is 0.888. The van der Waals surface area contributed by atoms with Crippen molar-refractivity contribution >= 4 is 34.9 Å². The number of carbonyl (C=O) groups excluding carboxylic acids is 1. The molecule has 0 aliphatic carbocycles. The first-order chi connectivity index (χ1) is 11.0. The average molecular weight is 359 g/mol. The fourth-order valence-corrected chi connectivity index (χ4v) is 3.52. The molecular weight excluding hydrogens is 335 g/mol. The quantitative estimate of drug-likeness (QED) is 0.878. The van der Waals surface area contributed by atoms with Crippen molar-refractivity contribution in [1.82, 2.24) is 9.88 Å². The van der Waals surface area contributed by atoms with Gasteiger partial charge in [-0.15, -0.1) is 0 Å². The summed E-state index contributed by atoms with van der Waals surface area (Å²) in [6.45, 7) is 7.16. The molecule has 1 aliphatic heterocycles. The average Bonchev–Trinajstić information content (AvgIpc) is 2.57. The van der Waals surface area contributed by atoms with Crippen molar-refractivity contribution in [2.75, 3.05) is 37.6 Å². The van der Waals surface area contributed by atoms with Crippen LogP contribution < -0.4 is 10.6 Å². The molecule has 1 aromatic heterocycles. The number of pyridine rings is 1. The van der Waals surface area contributed by atoms with E-state index in [2.05, 4.69) is 9.88 Å². The molecule has 0 bridgehead atoms. The van der Waals surface area contributed by atoms with Crippen molar-refractivity contribution in [2.45, 2.75) is 26.7 Å². The van der Waals surface area contributed by atoms with Crippen LogP contribution in [0.1, 0.15) is 26.7 Å². The van der Waals surface area contributed by atoms with Gasteiger partial charge >= 0.3 is 0 Å². The van der Waals surface area contributed by atoms with Crippen molar-refractivity contribution in [3.8, 4) is 0 Å². The number of rotatable bonds is 5. The van der Waals surface area contributed by atoms with Crippen molar-refractivity contribution in [2.24, 2.45) is 11.1 Å². The van der Waals surface area contributed by atoms with Crippen LogP contribution in [0.2, 0.25) is 10.0 Å². The molecule has 0 unspecified atom stereocenters. The molecule has 1 aliphatic rings. The Kier molecular flexibility index (Phi) is 6.12. The fourth-order valence-electron chi connectivity index (χ4n) is 3.03. The summed E-state index contributed by atoms with van der Waals surface area (Å²) in [6, 6.07) is 1.69. The zero-order chi connectivity index (χ0) is 17.0. The molecule has 1 fully saturated rings. The highest BCUT2D eigenvalue weighted by molar-refractivity contribution is 6.36. The third kappa shape index (κ3) is 3.73. The van der Waals surface area contributed by atoms with Crippen LogP contribution in [-0.4, -0.2) is 48.5 Å². The van der Waals surface area contributed by atoms with Crippen molar-refractivity contribution < 1.29 is 4.79 Å². The van der Waals surface area contributed by atoms with Gasteiger partial charge in [-0.05, 0) is 18.9 Å². The number of halogens is 2. The summed E-state index contributed by atoms with van der Waals surface area (Å²) in [6.07, 6.45) is 3.13. The standard InChI is InChI=1S/C16H24Cl2N4O/c1-3-16(4-2,11-19)15(23)22-7-5-21(6-8-22)14-13(18)9-12(17)10-20-14/h9-10H,3-8,11,19H2,1-2H3. The van der Waals surface area contributed by atoms with E-state index in [9.17, 15) is 4.79 Å². The third-order valence-corrected chi connectivity index (χ3v) is 5.34. The summed E-state index contributed by atoms with van der Waals surface area (Å²) >= 11 is 12.1. The molecule has 1 aromatic rings. The maximum atomic E-state index is 12.8. The van der Waals surface area contributed by atoms with Gasteiger partial charge in [0.1, 0.15) is 5.82 Å². The Morgan fingerprint density at radius 1 is 1.26 bits per heavy atom. The summed E-state index contributed by atoms with van der Waals surface area (Å²) in [4.78, 5) is 21.1. The van der Waals surface area contributed by atoms with Crippen molar-refractivity contribution in [1.29, 1.82) is 0 Å². The molecule has 7 heteroatoms. The van der Waals surface area contributed by atoms with Crippen LogP contribution in [0.4, 0.5) is 5.82 Å². The van der Waals surface area contributed by atoms with Gasteiger partial charge in [-0.3, -0.25) is 4.79 Å². The highest BCUT2D eigenvalue weighted by Crippen LogP contribution is 2.30. The minimum Gasteiger partial charge on any atom is -0.352 e. The molecule has 2 N–H and O–H groups in total. The normalized spacial score (nSPS) is 15.9. The van der Waals surface area contributed by atoms with Gasteiger partial charge < -0.3 is 15.5 Å². The molecular formula is C16H24Cl2N4O. The monoisotopic (exact) mass is 358 g/mol. The van der Waals surface area contributed by atoms with Crippen LogP contribution >= 0.6 is 23.2 Å². The van der Waals surface area contributed by atoms with E-state index >= 15 is 0 Å². The molecule has 2 rings (SSSR count). The summed E-state index contributed by atoms with van der Waals surface area (Å²) in [5, 5.41) is 1.06. The van der Waals surface area contributed by atoms with Crippen molar-refractivity contribution in [3.05, 3.63) is 22.3 Å². The molecule has 2 heterocycles. The lowest BCUT2D eigenvalue weighted by Crippen LogP contribution is -2.55. The summed E-state index contributed by atoms with van der Waals surface area (Å²) in [5.41, 5.74) is 5.46. The lowest BCUT2D eigenvalue weighted by molar-refractivity contribution is -0.142. The third-order valence-electron chi connectivity index (χ3n) is 4.85.